The zero-order valence-corrected chi connectivity index (χ0v) is 47.6. The number of thiophene rings is 1. The van der Waals surface area contributed by atoms with Gasteiger partial charge in [0.25, 0.3) is 5.91 Å². The number of aliphatic imine (C=N–C) groups is 1. The van der Waals surface area contributed by atoms with Crippen LogP contribution in [0.5, 0.6) is 5.75 Å². The zero-order valence-electron chi connectivity index (χ0n) is 45.2. The first-order chi connectivity index (χ1) is 37.7. The van der Waals surface area contributed by atoms with Crippen LogP contribution >= 0.6 is 34.3 Å². The van der Waals surface area contributed by atoms with Gasteiger partial charge < -0.3 is 40.5 Å². The lowest BCUT2D eigenvalue weighted by Crippen LogP contribution is -2.57. The Hall–Kier alpha value is -7.26. The van der Waals surface area contributed by atoms with Crippen molar-refractivity contribution < 1.29 is 37.9 Å². The van der Waals surface area contributed by atoms with Crippen LogP contribution in [0.4, 0.5) is 0 Å². The summed E-state index contributed by atoms with van der Waals surface area (Å²) in [5, 5.41) is 20.3. The number of hydrogen-bond donors (Lipinski definition) is 4. The Morgan fingerprint density at radius 3 is 2.34 bits per heavy atom. The fourth-order valence-corrected chi connectivity index (χ4v) is 12.6. The molecule has 2 fully saturated rings. The highest BCUT2D eigenvalue weighted by atomic mass is 35.5. The Labute approximate surface area is 470 Å². The van der Waals surface area contributed by atoms with Gasteiger partial charge in [-0.2, -0.15) is 0 Å². The first kappa shape index (κ1) is 55.1. The van der Waals surface area contributed by atoms with E-state index in [1.165, 1.54) is 4.90 Å². The molecule has 6 heterocycles. The third-order valence-corrected chi connectivity index (χ3v) is 17.3. The van der Waals surface area contributed by atoms with Crippen molar-refractivity contribution in [3.8, 4) is 21.2 Å². The van der Waals surface area contributed by atoms with Crippen LogP contribution in [0.25, 0.3) is 26.4 Å². The number of thiazole rings is 1. The molecule has 4 aromatic heterocycles. The molecule has 79 heavy (non-hydrogen) atoms. The van der Waals surface area contributed by atoms with Crippen LogP contribution in [0.2, 0.25) is 5.02 Å². The maximum atomic E-state index is 14.7. The number of aromatic nitrogens is 4. The predicted molar refractivity (Wildman–Crippen MR) is 303 cm³/mol. The van der Waals surface area contributed by atoms with Crippen LogP contribution in [0.3, 0.4) is 0 Å². The van der Waals surface area contributed by atoms with E-state index in [9.17, 15) is 24.0 Å². The van der Waals surface area contributed by atoms with Crippen molar-refractivity contribution in [3.63, 3.8) is 0 Å². The maximum absolute atomic E-state index is 14.7. The number of ether oxygens (including phenoxy) is 2. The lowest BCUT2D eigenvalue weighted by Gasteiger charge is -2.36. The van der Waals surface area contributed by atoms with Crippen molar-refractivity contribution in [2.45, 2.75) is 130 Å². The molecule has 21 heteroatoms. The number of rotatable bonds is 16. The molecular formula is C58H63ClN10O8S2. The molecule has 10 rings (SSSR count). The standard InChI is InChI=1S/C58H63ClN10O8S2/c1-29-32(4)79-57-49(29)50(35-13-15-38(59)16-14-35)64-43(53-67-66-33(5)69(53)57)26-47(70)63-39-23-41(24-39)75-40-17-18-45-37(21-40)22-46(77-45)55(73)65-52(58(6,7)8)56(74)68-27-42(76-48(71)19-20-60)25-44(68)54(72)62-30(2)34-9-11-36(12-10-34)51-31(3)61-28-78-51/h9-18,21-22,28,30,39,41-44,52H,19-20,23-27,60H2,1-8H3,(H,62,72)(H,63,70)(H,65,73)/t30-,39?,41?,42+,43-,44-,52?/m0/s1. The number of nitrogens with zero attached hydrogens (tertiary/aromatic N) is 6. The van der Waals surface area contributed by atoms with Gasteiger partial charge in [-0.3, -0.25) is 33.5 Å². The molecule has 1 unspecified atom stereocenters. The third-order valence-electron chi connectivity index (χ3n) is 14.9. The fourth-order valence-electron chi connectivity index (χ4n) is 10.4. The Morgan fingerprint density at radius 2 is 1.65 bits per heavy atom. The van der Waals surface area contributed by atoms with Crippen LogP contribution in [-0.2, 0) is 23.9 Å². The van der Waals surface area contributed by atoms with Crippen molar-refractivity contribution in [1.29, 1.82) is 0 Å². The van der Waals surface area contributed by atoms with Crippen molar-refractivity contribution in [1.82, 2.24) is 40.6 Å². The number of amides is 4. The number of halogens is 1. The van der Waals surface area contributed by atoms with E-state index in [0.29, 0.717) is 46.2 Å². The van der Waals surface area contributed by atoms with E-state index in [2.05, 4.69) is 45.0 Å². The minimum absolute atomic E-state index is 0.0159. The average molecular weight is 1130 g/mol. The number of benzene rings is 3. The van der Waals surface area contributed by atoms with Gasteiger partial charge in [0.05, 0.1) is 47.2 Å². The third kappa shape index (κ3) is 11.6. The van der Waals surface area contributed by atoms with Crippen LogP contribution in [0.15, 0.2) is 87.7 Å². The van der Waals surface area contributed by atoms with Gasteiger partial charge in [0.1, 0.15) is 52.5 Å². The number of hydrogen-bond acceptors (Lipinski definition) is 15. The molecule has 2 aliphatic heterocycles. The molecule has 1 aliphatic carbocycles. The molecule has 18 nitrogen and oxygen atoms in total. The summed E-state index contributed by atoms with van der Waals surface area (Å²) >= 11 is 9.50. The van der Waals surface area contributed by atoms with E-state index in [1.807, 2.05) is 94.6 Å². The molecular weight excluding hydrogens is 1060 g/mol. The summed E-state index contributed by atoms with van der Waals surface area (Å²) in [6, 6.07) is 19.0. The number of nitrogens with two attached hydrogens (primary N) is 1. The molecule has 3 aliphatic rings. The summed E-state index contributed by atoms with van der Waals surface area (Å²) < 4.78 is 20.1. The number of aryl methyl sites for hydroxylation is 3. The van der Waals surface area contributed by atoms with Gasteiger partial charge in [-0.05, 0) is 93.1 Å². The number of esters is 1. The van der Waals surface area contributed by atoms with Gasteiger partial charge in [-0.25, -0.2) is 4.98 Å². The Morgan fingerprint density at radius 1 is 0.911 bits per heavy atom. The van der Waals surface area contributed by atoms with Crippen molar-refractivity contribution in [2.24, 2.45) is 16.1 Å². The SMILES string of the molecule is Cc1ncsc1-c1ccc([C@H](C)NC(=O)[C@@H]2C[C@@H](OC(=O)CCN)CN2C(=O)C(NC(=O)c2cc3cc(OC4CC(NC(=O)C[C@@H]5N=C(c6ccc(Cl)cc6)c6c(sc(C)c6C)-n6c(C)nnc65)C4)ccc3o2)C(C)(C)C)cc1. The van der Waals surface area contributed by atoms with Gasteiger partial charge in [0, 0.05) is 58.3 Å². The van der Waals surface area contributed by atoms with E-state index in [0.717, 1.165) is 54.0 Å². The molecule has 3 aromatic carbocycles. The van der Waals surface area contributed by atoms with Gasteiger partial charge in [-0.15, -0.1) is 32.9 Å². The molecule has 412 valence electrons. The van der Waals surface area contributed by atoms with Gasteiger partial charge in [0.15, 0.2) is 11.6 Å². The lowest BCUT2D eigenvalue weighted by molar-refractivity contribution is -0.149. The number of carbonyl (C=O) groups excluding carboxylic acids is 5. The second-order valence-corrected chi connectivity index (χ2v) is 24.2. The van der Waals surface area contributed by atoms with Crippen molar-refractivity contribution in [2.75, 3.05) is 13.1 Å². The van der Waals surface area contributed by atoms with Crippen LogP contribution < -0.4 is 26.4 Å². The molecule has 0 radical (unpaired) electrons. The van der Waals surface area contributed by atoms with Gasteiger partial charge in [0.2, 0.25) is 17.7 Å². The predicted octanol–water partition coefficient (Wildman–Crippen LogP) is 8.98. The summed E-state index contributed by atoms with van der Waals surface area (Å²) in [6.45, 7) is 15.4. The van der Waals surface area contributed by atoms with Crippen LogP contribution in [0, 0.1) is 33.1 Å². The molecule has 1 saturated heterocycles. The van der Waals surface area contributed by atoms with E-state index < -0.39 is 59.4 Å². The smallest absolute Gasteiger partial charge is 0.307 e. The second kappa shape index (κ2) is 22.5. The number of fused-ring (bicyclic) bond motifs is 4. The first-order valence-electron chi connectivity index (χ1n) is 26.4. The van der Waals surface area contributed by atoms with Gasteiger partial charge in [-0.1, -0.05) is 68.8 Å². The summed E-state index contributed by atoms with van der Waals surface area (Å²) in [4.78, 5) is 82.6. The Balaban J connectivity index is 0.774. The topological polar surface area (TPSA) is 238 Å². The monoisotopic (exact) mass is 1130 g/mol. The van der Waals surface area contributed by atoms with E-state index in [1.54, 1.807) is 52.4 Å². The second-order valence-electron chi connectivity index (χ2n) is 21.7. The molecule has 4 amide bonds. The normalized spacial score (nSPS) is 19.5. The van der Waals surface area contributed by atoms with E-state index >= 15 is 0 Å². The lowest BCUT2D eigenvalue weighted by atomic mass is 9.85. The molecule has 5 atom stereocenters. The largest absolute Gasteiger partial charge is 0.490 e. The minimum Gasteiger partial charge on any atom is -0.490 e. The molecule has 5 N–H and O–H groups in total. The molecule has 1 saturated carbocycles. The molecule has 7 aromatic rings. The summed E-state index contributed by atoms with van der Waals surface area (Å²) in [5.41, 5.74) is 13.6. The highest BCUT2D eigenvalue weighted by Gasteiger charge is 2.47. The van der Waals surface area contributed by atoms with E-state index in [4.69, 9.17) is 36.2 Å². The highest BCUT2D eigenvalue weighted by Crippen LogP contribution is 2.40. The maximum Gasteiger partial charge on any atom is 0.307 e. The summed E-state index contributed by atoms with van der Waals surface area (Å²) in [7, 11) is 0. The Kier molecular flexibility index (Phi) is 15.7. The molecule has 0 spiro atoms. The number of nitrogens with one attached hydrogen (secondary N) is 3. The molecule has 0 bridgehead atoms. The van der Waals surface area contributed by atoms with Crippen molar-refractivity contribution in [3.05, 3.63) is 134 Å². The fraction of sp³-hybridized carbons (Fsp3) is 0.397. The Bertz CT molecular complexity index is 3500. The summed E-state index contributed by atoms with van der Waals surface area (Å²) in [6.07, 6.45) is 0.322. The average Bonchev–Trinajstić information content (AvgIpc) is 4.37. The highest BCUT2D eigenvalue weighted by molar-refractivity contribution is 7.15. The van der Waals surface area contributed by atoms with Gasteiger partial charge >= 0.3 is 5.97 Å². The zero-order chi connectivity index (χ0) is 56.0. The van der Waals surface area contributed by atoms with Crippen LogP contribution in [0.1, 0.15) is 127 Å². The van der Waals surface area contributed by atoms with E-state index in [-0.39, 0.29) is 56.2 Å². The quantitative estimate of drug-likeness (QED) is 0.0664. The summed E-state index contributed by atoms with van der Waals surface area (Å²) in [5.74, 6) is -0.406. The minimum atomic E-state index is -1.12. The number of likely N-dealkylation sites (tertiary alicyclic amines) is 1. The van der Waals surface area contributed by atoms with Crippen LogP contribution in [-0.4, -0.2) is 103 Å². The number of carbonyl (C=O) groups is 5. The number of furan rings is 1. The first-order valence-corrected chi connectivity index (χ1v) is 28.5. The van der Waals surface area contributed by atoms with Crippen molar-refractivity contribution >= 4 is 80.6 Å².